The Bertz CT molecular complexity index is 1010. The molecule has 0 saturated carbocycles. The van der Waals surface area contributed by atoms with Crippen LogP contribution in [0.25, 0.3) is 0 Å². The summed E-state index contributed by atoms with van der Waals surface area (Å²) in [5.41, 5.74) is 0.436. The molecule has 0 amide bonds. The van der Waals surface area contributed by atoms with Crippen LogP contribution in [0, 0.1) is 0 Å². The normalized spacial score (nSPS) is 43.2. The SMILES string of the molecule is CC(C)[Si]1(C(C)C)OC[C@H]2O[C@]3(COC(C)(C)O[C@H]4[C@H](O[C@@H]5COC(C)(C)O[C@H]5[C@@H]4O)O3)[C@@H](O)[C@@H]2O[Si](C(C)C)(C(C)C)O1. The van der Waals surface area contributed by atoms with Gasteiger partial charge in [0.05, 0.1) is 13.2 Å². The van der Waals surface area contributed by atoms with E-state index in [1.165, 1.54) is 0 Å². The third-order valence-electron chi connectivity index (χ3n) is 9.80. The average Bonchev–Trinajstić information content (AvgIpc) is 3.14. The second-order valence-electron chi connectivity index (χ2n) is 15.2. The van der Waals surface area contributed by atoms with Crippen molar-refractivity contribution < 1.29 is 56.3 Å². The molecule has 5 rings (SSSR count). The van der Waals surface area contributed by atoms with Crippen LogP contribution in [-0.4, -0.2) is 114 Å². The minimum absolute atomic E-state index is 0.0634. The summed E-state index contributed by atoms with van der Waals surface area (Å²) in [7, 11) is -5.89. The summed E-state index contributed by atoms with van der Waals surface area (Å²) >= 11 is 0. The first-order chi connectivity index (χ1) is 20.3. The van der Waals surface area contributed by atoms with E-state index in [1.54, 1.807) is 27.7 Å². The van der Waals surface area contributed by atoms with Crippen LogP contribution in [0.15, 0.2) is 0 Å². The van der Waals surface area contributed by atoms with Gasteiger partial charge in [0.15, 0.2) is 17.9 Å². The predicted octanol–water partition coefficient (Wildman–Crippen LogP) is 3.80. The average molecular weight is 665 g/mol. The minimum atomic E-state index is -3.05. The molecule has 14 heteroatoms. The highest BCUT2D eigenvalue weighted by Gasteiger charge is 2.67. The van der Waals surface area contributed by atoms with Crippen LogP contribution in [0.3, 0.4) is 0 Å². The minimum Gasteiger partial charge on any atom is -0.414 e. The summed E-state index contributed by atoms with van der Waals surface area (Å²) in [5, 5.41) is 23.7. The molecular weight excluding hydrogens is 608 g/mol. The monoisotopic (exact) mass is 664 g/mol. The molecule has 0 bridgehead atoms. The van der Waals surface area contributed by atoms with Gasteiger partial charge in [-0.25, -0.2) is 0 Å². The van der Waals surface area contributed by atoms with Crippen molar-refractivity contribution >= 4 is 17.1 Å². The van der Waals surface area contributed by atoms with E-state index in [9.17, 15) is 10.2 Å². The third-order valence-corrected chi connectivity index (χ3v) is 20.0. The molecule has 12 nitrogen and oxygen atoms in total. The van der Waals surface area contributed by atoms with Gasteiger partial charge in [-0.1, -0.05) is 55.4 Å². The van der Waals surface area contributed by atoms with E-state index in [0.29, 0.717) is 0 Å². The highest BCUT2D eigenvalue weighted by molar-refractivity contribution is 6.84. The van der Waals surface area contributed by atoms with Crippen LogP contribution < -0.4 is 0 Å². The number of aliphatic hydroxyl groups excluding tert-OH is 2. The topological polar surface area (TPSA) is 133 Å². The molecule has 0 unspecified atom stereocenters. The van der Waals surface area contributed by atoms with Crippen molar-refractivity contribution in [3.05, 3.63) is 0 Å². The summed E-state index contributed by atoms with van der Waals surface area (Å²) in [6, 6.07) is 0. The van der Waals surface area contributed by atoms with Crippen molar-refractivity contribution in [2.45, 2.75) is 172 Å². The zero-order valence-corrected chi connectivity index (χ0v) is 30.5. The van der Waals surface area contributed by atoms with Gasteiger partial charge in [-0.2, -0.15) is 0 Å². The summed E-state index contributed by atoms with van der Waals surface area (Å²) in [4.78, 5) is 0. The van der Waals surface area contributed by atoms with Gasteiger partial charge in [0.2, 0.25) is 5.79 Å². The molecule has 0 radical (unpaired) electrons. The first-order valence-corrected chi connectivity index (χ1v) is 20.2. The number of fused-ring (bicyclic) bond motifs is 3. The summed E-state index contributed by atoms with van der Waals surface area (Å²) in [6.07, 6.45) is -7.40. The van der Waals surface area contributed by atoms with Gasteiger partial charge < -0.3 is 56.3 Å². The summed E-state index contributed by atoms with van der Waals surface area (Å²) in [6.45, 7) is 24.4. The van der Waals surface area contributed by atoms with Gasteiger partial charge in [-0.15, -0.1) is 0 Å². The molecule has 5 heterocycles. The Balaban J connectivity index is 1.52. The van der Waals surface area contributed by atoms with Crippen molar-refractivity contribution in [1.29, 1.82) is 0 Å². The second kappa shape index (κ2) is 12.1. The fourth-order valence-electron chi connectivity index (χ4n) is 7.38. The molecule has 5 aliphatic rings. The number of hydrogen-bond acceptors (Lipinski definition) is 12. The molecule has 5 fully saturated rings. The maximum atomic E-state index is 12.2. The number of aliphatic hydroxyl groups is 2. The van der Waals surface area contributed by atoms with E-state index in [4.69, 9.17) is 46.1 Å². The first kappa shape index (κ1) is 35.3. The van der Waals surface area contributed by atoms with Crippen LogP contribution >= 0.6 is 0 Å². The molecule has 44 heavy (non-hydrogen) atoms. The van der Waals surface area contributed by atoms with Gasteiger partial charge in [0, 0.05) is 0 Å². The first-order valence-electron chi connectivity index (χ1n) is 16.3. The maximum absolute atomic E-state index is 12.2. The van der Waals surface area contributed by atoms with Gasteiger partial charge in [-0.05, 0) is 49.9 Å². The van der Waals surface area contributed by atoms with Crippen molar-refractivity contribution in [3.63, 3.8) is 0 Å². The van der Waals surface area contributed by atoms with E-state index in [2.05, 4.69) is 55.4 Å². The summed E-state index contributed by atoms with van der Waals surface area (Å²) in [5.74, 6) is -3.80. The molecule has 9 atom stereocenters. The molecule has 0 aliphatic carbocycles. The lowest BCUT2D eigenvalue weighted by molar-refractivity contribution is -0.454. The highest BCUT2D eigenvalue weighted by atomic mass is 28.5. The van der Waals surface area contributed by atoms with Crippen molar-refractivity contribution in [3.8, 4) is 0 Å². The van der Waals surface area contributed by atoms with Crippen molar-refractivity contribution in [1.82, 2.24) is 0 Å². The Morgan fingerprint density at radius 2 is 1.20 bits per heavy atom. The summed E-state index contributed by atoms with van der Waals surface area (Å²) < 4.78 is 65.2. The molecule has 0 aromatic heterocycles. The van der Waals surface area contributed by atoms with Crippen LogP contribution in [0.4, 0.5) is 0 Å². The lowest BCUT2D eigenvalue weighted by Crippen LogP contribution is -2.69. The van der Waals surface area contributed by atoms with Crippen molar-refractivity contribution in [2.75, 3.05) is 19.8 Å². The number of rotatable bonds is 4. The standard InChI is InChI=1S/C30H56O12Si2/c1-16(2)43(17(3)4)35-14-21-24(41-44(42-43,18(5)6)19(7)8)26(32)30(37-21)15-34-29(11,12)39-25-22(31)23-20(36-27(25)40-30)13-33-28(9,10)38-23/h16-27,31-32H,13-15H2,1-12H3/t20-,21-,22+,23-,24-,25-,26+,27-,30+/m1/s1. The lowest BCUT2D eigenvalue weighted by Gasteiger charge is -2.53. The van der Waals surface area contributed by atoms with E-state index in [-0.39, 0.29) is 42.0 Å². The Morgan fingerprint density at radius 3 is 1.80 bits per heavy atom. The van der Waals surface area contributed by atoms with Gasteiger partial charge >= 0.3 is 17.1 Å². The number of ether oxygens (including phenoxy) is 7. The van der Waals surface area contributed by atoms with E-state index in [1.807, 2.05) is 0 Å². The quantitative estimate of drug-likeness (QED) is 0.424. The Labute approximate surface area is 264 Å². The van der Waals surface area contributed by atoms with E-state index < -0.39 is 83.5 Å². The Hall–Kier alpha value is -0.0462. The van der Waals surface area contributed by atoms with Gasteiger partial charge in [0.25, 0.3) is 0 Å². The van der Waals surface area contributed by atoms with Gasteiger partial charge in [-0.3, -0.25) is 0 Å². The van der Waals surface area contributed by atoms with Crippen LogP contribution in [0.2, 0.25) is 22.2 Å². The fraction of sp³-hybridized carbons (Fsp3) is 1.00. The molecule has 0 aromatic rings. The molecule has 256 valence electrons. The highest BCUT2D eigenvalue weighted by Crippen LogP contribution is 2.50. The Morgan fingerprint density at radius 1 is 0.636 bits per heavy atom. The molecule has 0 aromatic carbocycles. The van der Waals surface area contributed by atoms with Crippen LogP contribution in [0.5, 0.6) is 0 Å². The zero-order chi connectivity index (χ0) is 32.6. The smallest absolute Gasteiger partial charge is 0.335 e. The van der Waals surface area contributed by atoms with Gasteiger partial charge in [0.1, 0.15) is 49.3 Å². The van der Waals surface area contributed by atoms with E-state index in [0.717, 1.165) is 0 Å². The molecule has 5 saturated heterocycles. The molecular formula is C30H56O12Si2. The third kappa shape index (κ3) is 6.04. The fourth-order valence-corrected chi connectivity index (χ4v) is 18.6. The van der Waals surface area contributed by atoms with E-state index >= 15 is 0 Å². The zero-order valence-electron chi connectivity index (χ0n) is 28.5. The maximum Gasteiger partial charge on any atom is 0.335 e. The lowest BCUT2D eigenvalue weighted by atomic mass is 9.96. The molecule has 1 spiro atoms. The largest absolute Gasteiger partial charge is 0.414 e. The van der Waals surface area contributed by atoms with Crippen LogP contribution in [-0.2, 0) is 46.1 Å². The molecule has 2 N–H and O–H groups in total. The van der Waals surface area contributed by atoms with Crippen LogP contribution in [0.1, 0.15) is 83.1 Å². The Kier molecular flexibility index (Phi) is 9.72. The predicted molar refractivity (Wildman–Crippen MR) is 163 cm³/mol. The second-order valence-corrected chi connectivity index (χ2v) is 24.0. The number of hydrogen-bond donors (Lipinski definition) is 2. The molecule has 5 aliphatic heterocycles. The van der Waals surface area contributed by atoms with Crippen molar-refractivity contribution in [2.24, 2.45) is 0 Å².